The van der Waals surface area contributed by atoms with Gasteiger partial charge < -0.3 is 21.5 Å². The summed E-state index contributed by atoms with van der Waals surface area (Å²) in [5, 5.41) is 3.20. The predicted octanol–water partition coefficient (Wildman–Crippen LogP) is 0.633. The summed E-state index contributed by atoms with van der Waals surface area (Å²) >= 11 is 0. The van der Waals surface area contributed by atoms with E-state index in [1.165, 1.54) is 0 Å². The molecule has 5 N–H and O–H groups in total. The van der Waals surface area contributed by atoms with E-state index in [0.29, 0.717) is 19.7 Å². The summed E-state index contributed by atoms with van der Waals surface area (Å²) in [6.45, 7) is 4.74. The molecular formula is C12H21N3O. The largest absolute Gasteiger partial charge is 0.494 e. The molecule has 0 aliphatic heterocycles. The standard InChI is InChI=1S/C12H21N3O/c1-2-16-12-6-4-3-5-10(12)11(14)9-15-8-7-13/h3-6,11,15H,2,7-9,13-14H2,1H3. The number of nitrogens with one attached hydrogen (secondary N) is 1. The highest BCUT2D eigenvalue weighted by atomic mass is 16.5. The van der Waals surface area contributed by atoms with Crippen LogP contribution in [-0.2, 0) is 0 Å². The second kappa shape index (κ2) is 7.22. The van der Waals surface area contributed by atoms with E-state index >= 15 is 0 Å². The summed E-state index contributed by atoms with van der Waals surface area (Å²) in [5.41, 5.74) is 12.5. The molecule has 0 aromatic heterocycles. The van der Waals surface area contributed by atoms with Gasteiger partial charge in [0.1, 0.15) is 5.75 Å². The molecule has 1 rings (SSSR count). The maximum absolute atomic E-state index is 6.08. The number of hydrogen-bond donors (Lipinski definition) is 3. The highest BCUT2D eigenvalue weighted by Gasteiger charge is 2.10. The van der Waals surface area contributed by atoms with E-state index in [1.807, 2.05) is 31.2 Å². The summed E-state index contributed by atoms with van der Waals surface area (Å²) < 4.78 is 5.53. The van der Waals surface area contributed by atoms with Crippen molar-refractivity contribution < 1.29 is 4.74 Å². The Bertz CT molecular complexity index is 304. The fourth-order valence-electron chi connectivity index (χ4n) is 1.54. The molecule has 0 saturated carbocycles. The van der Waals surface area contributed by atoms with Crippen molar-refractivity contribution in [1.29, 1.82) is 0 Å². The van der Waals surface area contributed by atoms with Crippen LogP contribution in [0.15, 0.2) is 24.3 Å². The maximum Gasteiger partial charge on any atom is 0.124 e. The lowest BCUT2D eigenvalue weighted by Crippen LogP contribution is -2.30. The van der Waals surface area contributed by atoms with E-state index in [2.05, 4.69) is 5.32 Å². The first-order valence-corrected chi connectivity index (χ1v) is 5.67. The van der Waals surface area contributed by atoms with Gasteiger partial charge in [0.05, 0.1) is 6.61 Å². The van der Waals surface area contributed by atoms with Crippen LogP contribution in [0, 0.1) is 0 Å². The molecule has 1 aromatic rings. The Kier molecular flexibility index (Phi) is 5.85. The summed E-state index contributed by atoms with van der Waals surface area (Å²) in [6.07, 6.45) is 0. The molecule has 4 heteroatoms. The van der Waals surface area contributed by atoms with Crippen LogP contribution in [0.2, 0.25) is 0 Å². The molecule has 0 fully saturated rings. The lowest BCUT2D eigenvalue weighted by atomic mass is 10.1. The fourth-order valence-corrected chi connectivity index (χ4v) is 1.54. The first kappa shape index (κ1) is 13.0. The van der Waals surface area contributed by atoms with Crippen molar-refractivity contribution in [3.05, 3.63) is 29.8 Å². The SMILES string of the molecule is CCOc1ccccc1C(N)CNCCN. The summed E-state index contributed by atoms with van der Waals surface area (Å²) in [4.78, 5) is 0. The van der Waals surface area contributed by atoms with Crippen LogP contribution < -0.4 is 21.5 Å². The zero-order valence-corrected chi connectivity index (χ0v) is 9.78. The van der Waals surface area contributed by atoms with Crippen LogP contribution in [0.1, 0.15) is 18.5 Å². The zero-order valence-electron chi connectivity index (χ0n) is 9.78. The quantitative estimate of drug-likeness (QED) is 0.593. The van der Waals surface area contributed by atoms with E-state index in [-0.39, 0.29) is 6.04 Å². The minimum atomic E-state index is -0.0608. The second-order valence-electron chi connectivity index (χ2n) is 3.57. The third kappa shape index (κ3) is 3.81. The van der Waals surface area contributed by atoms with Crippen LogP contribution >= 0.6 is 0 Å². The molecule has 0 heterocycles. The molecule has 0 radical (unpaired) electrons. The Morgan fingerprint density at radius 1 is 1.38 bits per heavy atom. The number of benzene rings is 1. The number of hydrogen-bond acceptors (Lipinski definition) is 4. The lowest BCUT2D eigenvalue weighted by molar-refractivity contribution is 0.333. The highest BCUT2D eigenvalue weighted by Crippen LogP contribution is 2.22. The topological polar surface area (TPSA) is 73.3 Å². The molecule has 0 spiro atoms. The van der Waals surface area contributed by atoms with Gasteiger partial charge in [0.2, 0.25) is 0 Å². The van der Waals surface area contributed by atoms with Crippen molar-refractivity contribution in [1.82, 2.24) is 5.32 Å². The molecule has 1 unspecified atom stereocenters. The Hall–Kier alpha value is -1.10. The average molecular weight is 223 g/mol. The van der Waals surface area contributed by atoms with E-state index < -0.39 is 0 Å². The Morgan fingerprint density at radius 3 is 2.81 bits per heavy atom. The minimum Gasteiger partial charge on any atom is -0.494 e. The average Bonchev–Trinajstić information content (AvgIpc) is 2.30. The van der Waals surface area contributed by atoms with Gasteiger partial charge in [-0.15, -0.1) is 0 Å². The number of para-hydroxylation sites is 1. The van der Waals surface area contributed by atoms with Gasteiger partial charge in [0.25, 0.3) is 0 Å². The van der Waals surface area contributed by atoms with Gasteiger partial charge in [0, 0.05) is 31.2 Å². The summed E-state index contributed by atoms with van der Waals surface area (Å²) in [7, 11) is 0. The third-order valence-electron chi connectivity index (χ3n) is 2.30. The first-order valence-electron chi connectivity index (χ1n) is 5.67. The van der Waals surface area contributed by atoms with Crippen LogP contribution in [0.3, 0.4) is 0 Å². The summed E-state index contributed by atoms with van der Waals surface area (Å²) in [6, 6.07) is 7.81. The summed E-state index contributed by atoms with van der Waals surface area (Å²) in [5.74, 6) is 0.868. The van der Waals surface area contributed by atoms with Crippen LogP contribution in [0.5, 0.6) is 5.75 Å². The molecular weight excluding hydrogens is 202 g/mol. The minimum absolute atomic E-state index is 0.0608. The van der Waals surface area contributed by atoms with Crippen molar-refractivity contribution in [2.24, 2.45) is 11.5 Å². The number of rotatable bonds is 7. The molecule has 90 valence electrons. The van der Waals surface area contributed by atoms with E-state index in [1.54, 1.807) is 0 Å². The van der Waals surface area contributed by atoms with Crippen molar-refractivity contribution in [2.75, 3.05) is 26.2 Å². The van der Waals surface area contributed by atoms with Crippen molar-refractivity contribution in [3.8, 4) is 5.75 Å². The van der Waals surface area contributed by atoms with E-state index in [0.717, 1.165) is 17.9 Å². The van der Waals surface area contributed by atoms with Crippen molar-refractivity contribution in [3.63, 3.8) is 0 Å². The Balaban J connectivity index is 2.62. The van der Waals surface area contributed by atoms with Crippen molar-refractivity contribution in [2.45, 2.75) is 13.0 Å². The monoisotopic (exact) mass is 223 g/mol. The van der Waals surface area contributed by atoms with Crippen LogP contribution in [0.25, 0.3) is 0 Å². The molecule has 1 aromatic carbocycles. The highest BCUT2D eigenvalue weighted by molar-refractivity contribution is 5.35. The molecule has 1 atom stereocenters. The van der Waals surface area contributed by atoms with Crippen LogP contribution in [0.4, 0.5) is 0 Å². The van der Waals surface area contributed by atoms with Crippen LogP contribution in [-0.4, -0.2) is 26.2 Å². The molecule has 0 saturated heterocycles. The Morgan fingerprint density at radius 2 is 2.12 bits per heavy atom. The molecule has 0 amide bonds. The van der Waals surface area contributed by atoms with E-state index in [9.17, 15) is 0 Å². The first-order chi connectivity index (χ1) is 7.79. The fraction of sp³-hybridized carbons (Fsp3) is 0.500. The van der Waals surface area contributed by atoms with Gasteiger partial charge >= 0.3 is 0 Å². The van der Waals surface area contributed by atoms with Crippen molar-refractivity contribution >= 4 is 0 Å². The van der Waals surface area contributed by atoms with Gasteiger partial charge in [-0.2, -0.15) is 0 Å². The third-order valence-corrected chi connectivity index (χ3v) is 2.30. The molecule has 0 bridgehead atoms. The number of ether oxygens (including phenoxy) is 1. The second-order valence-corrected chi connectivity index (χ2v) is 3.57. The lowest BCUT2D eigenvalue weighted by Gasteiger charge is -2.16. The molecule has 0 aliphatic carbocycles. The Labute approximate surface area is 97.0 Å². The van der Waals surface area contributed by atoms with Gasteiger partial charge in [-0.1, -0.05) is 18.2 Å². The smallest absolute Gasteiger partial charge is 0.124 e. The van der Waals surface area contributed by atoms with E-state index in [4.69, 9.17) is 16.2 Å². The normalized spacial score (nSPS) is 12.4. The predicted molar refractivity (Wildman–Crippen MR) is 66.5 cm³/mol. The number of nitrogens with two attached hydrogens (primary N) is 2. The molecule has 4 nitrogen and oxygen atoms in total. The van der Waals surface area contributed by atoms with Gasteiger partial charge in [-0.3, -0.25) is 0 Å². The van der Waals surface area contributed by atoms with Gasteiger partial charge in [-0.25, -0.2) is 0 Å². The molecule has 0 aliphatic rings. The van der Waals surface area contributed by atoms with Gasteiger partial charge in [0.15, 0.2) is 0 Å². The van der Waals surface area contributed by atoms with Gasteiger partial charge in [-0.05, 0) is 13.0 Å². The zero-order chi connectivity index (χ0) is 11.8. The maximum atomic E-state index is 6.08. The molecule has 16 heavy (non-hydrogen) atoms.